The highest BCUT2D eigenvalue weighted by Gasteiger charge is 2.29. The van der Waals surface area contributed by atoms with Crippen LogP contribution in [0.1, 0.15) is 30.0 Å². The minimum Gasteiger partial charge on any atom is -0.376 e. The number of nitrogens with zero attached hydrogens (tertiary/aromatic N) is 1. The number of carbonyl (C=O) groups excluding carboxylic acids is 1. The standard InChI is InChI=1S/C22H23FN2O2/c1-15-13-25(19-6-3-2-5-18(15)19)14-21(26)24-22(20-7-4-12-27-20)16-8-10-17(23)11-9-16/h2-3,5-6,8-11,13,20,22H,4,7,12,14H2,1H3,(H,24,26)/t20-,22-/m1/s1. The third-order valence-electron chi connectivity index (χ3n) is 5.18. The van der Waals surface area contributed by atoms with Crippen molar-refractivity contribution in [3.05, 3.63) is 71.7 Å². The van der Waals surface area contributed by atoms with Crippen molar-refractivity contribution in [2.45, 2.75) is 38.5 Å². The molecule has 1 N–H and O–H groups in total. The predicted molar refractivity (Wildman–Crippen MR) is 103 cm³/mol. The Bertz CT molecular complexity index is 943. The number of hydrogen-bond acceptors (Lipinski definition) is 2. The molecular formula is C22H23FN2O2. The Morgan fingerprint density at radius 2 is 2.04 bits per heavy atom. The molecule has 5 heteroatoms. The fourth-order valence-corrected chi connectivity index (χ4v) is 3.86. The van der Waals surface area contributed by atoms with E-state index in [-0.39, 0.29) is 30.4 Å². The number of aryl methyl sites for hydroxylation is 1. The summed E-state index contributed by atoms with van der Waals surface area (Å²) in [6, 6.07) is 14.1. The molecular weight excluding hydrogens is 343 g/mol. The molecule has 3 aromatic rings. The van der Waals surface area contributed by atoms with Gasteiger partial charge in [-0.2, -0.15) is 0 Å². The van der Waals surface area contributed by atoms with Crippen molar-refractivity contribution >= 4 is 16.8 Å². The van der Waals surface area contributed by atoms with Crippen LogP contribution in [0.4, 0.5) is 4.39 Å². The van der Waals surface area contributed by atoms with Gasteiger partial charge in [0.2, 0.25) is 5.91 Å². The summed E-state index contributed by atoms with van der Waals surface area (Å²) in [7, 11) is 0. The zero-order chi connectivity index (χ0) is 18.8. The minimum absolute atomic E-state index is 0.0810. The van der Waals surface area contributed by atoms with Crippen molar-refractivity contribution in [2.24, 2.45) is 0 Å². The summed E-state index contributed by atoms with van der Waals surface area (Å²) < 4.78 is 21.1. The molecule has 0 aliphatic carbocycles. The number of halogens is 1. The second kappa shape index (κ2) is 7.53. The smallest absolute Gasteiger partial charge is 0.240 e. The van der Waals surface area contributed by atoms with E-state index in [0.717, 1.165) is 34.9 Å². The fourth-order valence-electron chi connectivity index (χ4n) is 3.86. The molecule has 27 heavy (non-hydrogen) atoms. The molecule has 2 aromatic carbocycles. The number of rotatable bonds is 5. The number of ether oxygens (including phenoxy) is 1. The van der Waals surface area contributed by atoms with Gasteiger partial charge in [-0.3, -0.25) is 4.79 Å². The predicted octanol–water partition coefficient (Wildman–Crippen LogP) is 4.13. The summed E-state index contributed by atoms with van der Waals surface area (Å²) in [5, 5.41) is 4.26. The highest BCUT2D eigenvalue weighted by molar-refractivity contribution is 5.86. The molecule has 0 saturated carbocycles. The second-order valence-corrected chi connectivity index (χ2v) is 7.11. The highest BCUT2D eigenvalue weighted by Crippen LogP contribution is 2.27. The number of para-hydroxylation sites is 1. The normalized spacial score (nSPS) is 17.9. The zero-order valence-electron chi connectivity index (χ0n) is 15.3. The van der Waals surface area contributed by atoms with Gasteiger partial charge in [-0.25, -0.2) is 4.39 Å². The van der Waals surface area contributed by atoms with Crippen LogP contribution in [0.5, 0.6) is 0 Å². The maximum absolute atomic E-state index is 13.3. The van der Waals surface area contributed by atoms with Gasteiger partial charge in [-0.15, -0.1) is 0 Å². The largest absolute Gasteiger partial charge is 0.376 e. The molecule has 0 radical (unpaired) electrons. The quantitative estimate of drug-likeness (QED) is 0.738. The lowest BCUT2D eigenvalue weighted by Crippen LogP contribution is -2.37. The second-order valence-electron chi connectivity index (χ2n) is 7.11. The number of amides is 1. The molecule has 2 atom stereocenters. The van der Waals surface area contributed by atoms with Gasteiger partial charge in [0, 0.05) is 23.7 Å². The molecule has 0 unspecified atom stereocenters. The molecule has 1 aliphatic rings. The van der Waals surface area contributed by atoms with Gasteiger partial charge < -0.3 is 14.6 Å². The van der Waals surface area contributed by atoms with Crippen molar-refractivity contribution in [2.75, 3.05) is 6.61 Å². The summed E-state index contributed by atoms with van der Waals surface area (Å²) in [6.45, 7) is 2.98. The van der Waals surface area contributed by atoms with Crippen molar-refractivity contribution in [1.29, 1.82) is 0 Å². The van der Waals surface area contributed by atoms with E-state index in [1.807, 2.05) is 35.9 Å². The number of benzene rings is 2. The molecule has 4 rings (SSSR count). The van der Waals surface area contributed by atoms with Crippen LogP contribution in [0, 0.1) is 12.7 Å². The lowest BCUT2D eigenvalue weighted by molar-refractivity contribution is -0.123. The average molecular weight is 366 g/mol. The molecule has 1 fully saturated rings. The van der Waals surface area contributed by atoms with E-state index in [0.29, 0.717) is 6.61 Å². The van der Waals surface area contributed by atoms with Gasteiger partial charge in [-0.1, -0.05) is 30.3 Å². The first-order valence-electron chi connectivity index (χ1n) is 9.33. The number of aromatic nitrogens is 1. The topological polar surface area (TPSA) is 43.3 Å². The lowest BCUT2D eigenvalue weighted by Gasteiger charge is -2.25. The van der Waals surface area contributed by atoms with Gasteiger partial charge in [0.05, 0.1) is 12.1 Å². The summed E-state index contributed by atoms with van der Waals surface area (Å²) in [5.41, 5.74) is 3.05. The van der Waals surface area contributed by atoms with Crippen LogP contribution in [0.15, 0.2) is 54.7 Å². The average Bonchev–Trinajstić information content (AvgIpc) is 3.30. The Kier molecular flexibility index (Phi) is 4.94. The Balaban J connectivity index is 1.55. The maximum atomic E-state index is 13.3. The molecule has 1 amide bonds. The van der Waals surface area contributed by atoms with Gasteiger partial charge in [-0.05, 0) is 49.1 Å². The lowest BCUT2D eigenvalue weighted by atomic mass is 9.99. The molecule has 0 bridgehead atoms. The van der Waals surface area contributed by atoms with Crippen molar-refractivity contribution in [1.82, 2.24) is 9.88 Å². The Morgan fingerprint density at radius 1 is 1.26 bits per heavy atom. The number of nitrogens with one attached hydrogen (secondary N) is 1. The zero-order valence-corrected chi connectivity index (χ0v) is 15.3. The fraction of sp³-hybridized carbons (Fsp3) is 0.318. The summed E-state index contributed by atoms with van der Waals surface area (Å²) in [4.78, 5) is 12.8. The van der Waals surface area contributed by atoms with Crippen LogP contribution in [-0.2, 0) is 16.1 Å². The van der Waals surface area contributed by atoms with Crippen molar-refractivity contribution < 1.29 is 13.9 Å². The first kappa shape index (κ1) is 17.7. The molecule has 4 nitrogen and oxygen atoms in total. The van der Waals surface area contributed by atoms with E-state index in [1.54, 1.807) is 12.1 Å². The van der Waals surface area contributed by atoms with E-state index in [2.05, 4.69) is 11.4 Å². The van der Waals surface area contributed by atoms with Gasteiger partial charge in [0.1, 0.15) is 12.4 Å². The Hall–Kier alpha value is -2.66. The van der Waals surface area contributed by atoms with Crippen molar-refractivity contribution in [3.8, 4) is 0 Å². The van der Waals surface area contributed by atoms with E-state index < -0.39 is 0 Å². The molecule has 2 heterocycles. The van der Waals surface area contributed by atoms with E-state index >= 15 is 0 Å². The monoisotopic (exact) mass is 366 g/mol. The van der Waals surface area contributed by atoms with Gasteiger partial charge >= 0.3 is 0 Å². The van der Waals surface area contributed by atoms with Gasteiger partial charge in [0.25, 0.3) is 0 Å². The first-order valence-corrected chi connectivity index (χ1v) is 9.33. The number of hydrogen-bond donors (Lipinski definition) is 1. The van der Waals surface area contributed by atoms with Crippen molar-refractivity contribution in [3.63, 3.8) is 0 Å². The van der Waals surface area contributed by atoms with Crippen LogP contribution in [0.25, 0.3) is 10.9 Å². The van der Waals surface area contributed by atoms with Gasteiger partial charge in [0.15, 0.2) is 0 Å². The maximum Gasteiger partial charge on any atom is 0.240 e. The van der Waals surface area contributed by atoms with E-state index in [1.165, 1.54) is 12.1 Å². The molecule has 1 aliphatic heterocycles. The minimum atomic E-state index is -0.287. The SMILES string of the molecule is Cc1cn(CC(=O)N[C@H](c2ccc(F)cc2)[C@H]2CCCO2)c2ccccc12. The summed E-state index contributed by atoms with van der Waals surface area (Å²) in [6.07, 6.45) is 3.78. The third-order valence-corrected chi connectivity index (χ3v) is 5.18. The Morgan fingerprint density at radius 3 is 2.78 bits per heavy atom. The molecule has 140 valence electrons. The number of fused-ring (bicyclic) bond motifs is 1. The van der Waals surface area contributed by atoms with Crippen LogP contribution in [0.3, 0.4) is 0 Å². The van der Waals surface area contributed by atoms with Crippen LogP contribution in [-0.4, -0.2) is 23.2 Å². The van der Waals surface area contributed by atoms with Crippen LogP contribution >= 0.6 is 0 Å². The molecule has 1 saturated heterocycles. The number of carbonyl (C=O) groups is 1. The third kappa shape index (κ3) is 3.74. The summed E-state index contributed by atoms with van der Waals surface area (Å²) in [5.74, 6) is -0.369. The summed E-state index contributed by atoms with van der Waals surface area (Å²) >= 11 is 0. The highest BCUT2D eigenvalue weighted by atomic mass is 19.1. The van der Waals surface area contributed by atoms with Crippen LogP contribution < -0.4 is 5.32 Å². The van der Waals surface area contributed by atoms with Crippen LogP contribution in [0.2, 0.25) is 0 Å². The van der Waals surface area contributed by atoms with E-state index in [4.69, 9.17) is 4.74 Å². The van der Waals surface area contributed by atoms with E-state index in [9.17, 15) is 9.18 Å². The molecule has 0 spiro atoms. The first-order chi connectivity index (χ1) is 13.1. The molecule has 1 aromatic heterocycles. The Labute approximate surface area is 157 Å².